The molecule has 0 aromatic rings. The van der Waals surface area contributed by atoms with Crippen LogP contribution in [0.5, 0.6) is 0 Å². The Labute approximate surface area is 96.8 Å². The fourth-order valence-corrected chi connectivity index (χ4v) is 3.65. The minimum atomic E-state index is 0.661. The average molecular weight is 210 g/mol. The highest BCUT2D eigenvalue weighted by Gasteiger charge is 2.32. The van der Waals surface area contributed by atoms with Crippen molar-refractivity contribution in [2.75, 3.05) is 0 Å². The molecule has 0 aromatic heterocycles. The molecule has 0 spiro atoms. The molecule has 0 aromatic carbocycles. The molecule has 90 valence electrons. The average Bonchev–Trinajstić information content (AvgIpc) is 2.46. The van der Waals surface area contributed by atoms with Gasteiger partial charge in [0, 0.05) is 0 Å². The van der Waals surface area contributed by atoms with Crippen molar-refractivity contribution in [2.24, 2.45) is 11.3 Å². The third kappa shape index (κ3) is 3.81. The largest absolute Gasteiger partial charge is 0.0654 e. The van der Waals surface area contributed by atoms with Crippen LogP contribution in [-0.4, -0.2) is 0 Å². The minimum Gasteiger partial charge on any atom is -0.0654 e. The van der Waals surface area contributed by atoms with E-state index >= 15 is 0 Å². The first kappa shape index (κ1) is 13.1. The van der Waals surface area contributed by atoms with Gasteiger partial charge in [0.15, 0.2) is 0 Å². The molecule has 0 heterocycles. The second kappa shape index (κ2) is 6.55. The van der Waals surface area contributed by atoms with Crippen molar-refractivity contribution >= 4 is 0 Å². The Hall–Kier alpha value is 0. The molecule has 1 aliphatic carbocycles. The summed E-state index contributed by atoms with van der Waals surface area (Å²) in [6.45, 7) is 7.27. The van der Waals surface area contributed by atoms with Crippen molar-refractivity contribution in [3.63, 3.8) is 0 Å². The van der Waals surface area contributed by atoms with Gasteiger partial charge in [0.05, 0.1) is 0 Å². The fourth-order valence-electron chi connectivity index (χ4n) is 3.65. The van der Waals surface area contributed by atoms with E-state index in [4.69, 9.17) is 0 Å². The van der Waals surface area contributed by atoms with E-state index in [0.717, 1.165) is 5.92 Å². The Balaban J connectivity index is 2.58. The first-order valence-electron chi connectivity index (χ1n) is 7.23. The summed E-state index contributed by atoms with van der Waals surface area (Å²) in [5, 5.41) is 0. The lowest BCUT2D eigenvalue weighted by Crippen LogP contribution is -2.27. The molecule has 0 N–H and O–H groups in total. The predicted octanol–water partition coefficient (Wildman–Crippen LogP) is 5.56. The van der Waals surface area contributed by atoms with Crippen LogP contribution in [0.2, 0.25) is 0 Å². The van der Waals surface area contributed by atoms with Crippen LogP contribution in [0, 0.1) is 11.3 Å². The zero-order valence-electron chi connectivity index (χ0n) is 11.1. The topological polar surface area (TPSA) is 0 Å². The quantitative estimate of drug-likeness (QED) is 0.521. The maximum Gasteiger partial charge on any atom is -0.0298 e. The third-order valence-electron chi connectivity index (χ3n) is 4.48. The van der Waals surface area contributed by atoms with Gasteiger partial charge in [-0.25, -0.2) is 0 Å². The van der Waals surface area contributed by atoms with E-state index in [1.54, 1.807) is 0 Å². The SMILES string of the molecule is CCCC(C)(CCC)C1CCCCCC1. The van der Waals surface area contributed by atoms with E-state index in [2.05, 4.69) is 20.8 Å². The Kier molecular flexibility index (Phi) is 5.71. The lowest BCUT2D eigenvalue weighted by molar-refractivity contribution is 0.133. The minimum absolute atomic E-state index is 0.661. The summed E-state index contributed by atoms with van der Waals surface area (Å²) in [5.74, 6) is 1.03. The van der Waals surface area contributed by atoms with Crippen LogP contribution in [0.1, 0.15) is 85.0 Å². The van der Waals surface area contributed by atoms with Crippen LogP contribution in [0.4, 0.5) is 0 Å². The smallest absolute Gasteiger partial charge is 0.0298 e. The summed E-state index contributed by atoms with van der Waals surface area (Å²) in [6.07, 6.45) is 14.6. The van der Waals surface area contributed by atoms with Crippen LogP contribution in [0.25, 0.3) is 0 Å². The van der Waals surface area contributed by atoms with E-state index in [-0.39, 0.29) is 0 Å². The Bertz CT molecular complexity index is 145. The Morgan fingerprint density at radius 2 is 1.33 bits per heavy atom. The second-order valence-electron chi connectivity index (χ2n) is 5.84. The summed E-state index contributed by atoms with van der Waals surface area (Å²) in [4.78, 5) is 0. The van der Waals surface area contributed by atoms with Crippen LogP contribution < -0.4 is 0 Å². The molecule has 0 radical (unpaired) electrons. The van der Waals surface area contributed by atoms with Crippen LogP contribution in [0.15, 0.2) is 0 Å². The van der Waals surface area contributed by atoms with E-state index in [9.17, 15) is 0 Å². The van der Waals surface area contributed by atoms with Gasteiger partial charge >= 0.3 is 0 Å². The Morgan fingerprint density at radius 3 is 1.73 bits per heavy atom. The highest BCUT2D eigenvalue weighted by atomic mass is 14.4. The molecular formula is C15H30. The van der Waals surface area contributed by atoms with Crippen molar-refractivity contribution in [1.82, 2.24) is 0 Å². The van der Waals surface area contributed by atoms with Gasteiger partial charge in [0.25, 0.3) is 0 Å². The molecule has 0 nitrogen and oxygen atoms in total. The van der Waals surface area contributed by atoms with Crippen molar-refractivity contribution < 1.29 is 0 Å². The normalized spacial score (nSPS) is 20.2. The molecule has 0 atom stereocenters. The zero-order chi connectivity index (χ0) is 11.1. The first-order chi connectivity index (χ1) is 7.23. The standard InChI is InChI=1S/C15H30/c1-4-12-15(3,13-5-2)14-10-8-6-7-9-11-14/h14H,4-13H2,1-3H3. The molecule has 1 saturated carbocycles. The van der Waals surface area contributed by atoms with Crippen molar-refractivity contribution in [2.45, 2.75) is 85.0 Å². The molecule has 1 aliphatic rings. The molecule has 1 rings (SSSR count). The summed E-state index contributed by atoms with van der Waals surface area (Å²) >= 11 is 0. The van der Waals surface area contributed by atoms with Gasteiger partial charge in [0.2, 0.25) is 0 Å². The maximum absolute atomic E-state index is 2.57. The number of rotatable bonds is 5. The highest BCUT2D eigenvalue weighted by molar-refractivity contribution is 4.83. The molecule has 0 heteroatoms. The first-order valence-corrected chi connectivity index (χ1v) is 7.23. The van der Waals surface area contributed by atoms with Gasteiger partial charge in [-0.05, 0) is 37.0 Å². The number of hydrogen-bond acceptors (Lipinski definition) is 0. The molecule has 0 unspecified atom stereocenters. The second-order valence-corrected chi connectivity index (χ2v) is 5.84. The van der Waals surface area contributed by atoms with Crippen molar-refractivity contribution in [3.05, 3.63) is 0 Å². The van der Waals surface area contributed by atoms with Crippen LogP contribution in [-0.2, 0) is 0 Å². The van der Waals surface area contributed by atoms with Gasteiger partial charge in [0.1, 0.15) is 0 Å². The lowest BCUT2D eigenvalue weighted by atomic mass is 9.68. The molecule has 15 heavy (non-hydrogen) atoms. The van der Waals surface area contributed by atoms with E-state index in [0.29, 0.717) is 5.41 Å². The fraction of sp³-hybridized carbons (Fsp3) is 1.00. The predicted molar refractivity (Wildman–Crippen MR) is 69.1 cm³/mol. The van der Waals surface area contributed by atoms with E-state index in [1.807, 2.05) is 0 Å². The maximum atomic E-state index is 2.57. The molecule has 0 bridgehead atoms. The van der Waals surface area contributed by atoms with Crippen molar-refractivity contribution in [1.29, 1.82) is 0 Å². The molecular weight excluding hydrogens is 180 g/mol. The monoisotopic (exact) mass is 210 g/mol. The van der Waals surface area contributed by atoms with Crippen LogP contribution >= 0.6 is 0 Å². The van der Waals surface area contributed by atoms with Gasteiger partial charge < -0.3 is 0 Å². The van der Waals surface area contributed by atoms with Gasteiger partial charge in [-0.15, -0.1) is 0 Å². The summed E-state index contributed by atoms with van der Waals surface area (Å²) in [6, 6.07) is 0. The molecule has 0 saturated heterocycles. The third-order valence-corrected chi connectivity index (χ3v) is 4.48. The van der Waals surface area contributed by atoms with E-state index in [1.165, 1.54) is 64.2 Å². The van der Waals surface area contributed by atoms with Crippen molar-refractivity contribution in [3.8, 4) is 0 Å². The van der Waals surface area contributed by atoms with Gasteiger partial charge in [-0.1, -0.05) is 59.3 Å². The molecule has 0 amide bonds. The zero-order valence-corrected chi connectivity index (χ0v) is 11.1. The summed E-state index contributed by atoms with van der Waals surface area (Å²) < 4.78 is 0. The van der Waals surface area contributed by atoms with E-state index < -0.39 is 0 Å². The number of hydrogen-bond donors (Lipinski definition) is 0. The van der Waals surface area contributed by atoms with Gasteiger partial charge in [-0.2, -0.15) is 0 Å². The molecule has 1 fully saturated rings. The highest BCUT2D eigenvalue weighted by Crippen LogP contribution is 2.44. The summed E-state index contributed by atoms with van der Waals surface area (Å²) in [5.41, 5.74) is 0.661. The lowest BCUT2D eigenvalue weighted by Gasteiger charge is -2.37. The van der Waals surface area contributed by atoms with Gasteiger partial charge in [-0.3, -0.25) is 0 Å². The summed E-state index contributed by atoms with van der Waals surface area (Å²) in [7, 11) is 0. The molecule has 0 aliphatic heterocycles. The van der Waals surface area contributed by atoms with Crippen LogP contribution in [0.3, 0.4) is 0 Å². The Morgan fingerprint density at radius 1 is 0.867 bits per heavy atom.